The Kier molecular flexibility index (Phi) is 4.07. The number of aliphatic hydroxyl groups is 1. The van der Waals surface area contributed by atoms with Crippen LogP contribution in [0.1, 0.15) is 30.6 Å². The van der Waals surface area contributed by atoms with E-state index in [-0.39, 0.29) is 11.5 Å². The van der Waals surface area contributed by atoms with E-state index in [9.17, 15) is 15.0 Å². The first-order chi connectivity index (χ1) is 9.01. The molecule has 0 amide bonds. The third-order valence-electron chi connectivity index (χ3n) is 3.40. The first-order valence-electron chi connectivity index (χ1n) is 6.31. The van der Waals surface area contributed by atoms with E-state index >= 15 is 0 Å². The maximum Gasteiger partial charge on any atom is 0.160 e. The largest absolute Gasteiger partial charge is 0.504 e. The van der Waals surface area contributed by atoms with Gasteiger partial charge in [0.05, 0.1) is 13.2 Å². The standard InChI is InChI=1S/C14H19NO4/c1-9(16)3-4-15-7-10-5-12(17)14(19-2)6-11(10)13(18)8-15/h5-6,13,17-18H,3-4,7-8H2,1-2H3. The van der Waals surface area contributed by atoms with Gasteiger partial charge in [0.25, 0.3) is 0 Å². The Morgan fingerprint density at radius 3 is 2.89 bits per heavy atom. The molecule has 0 saturated heterocycles. The number of aromatic hydroxyl groups is 1. The molecular weight excluding hydrogens is 246 g/mol. The van der Waals surface area contributed by atoms with Crippen molar-refractivity contribution < 1.29 is 19.7 Å². The highest BCUT2D eigenvalue weighted by molar-refractivity contribution is 5.75. The van der Waals surface area contributed by atoms with Crippen LogP contribution in [0.3, 0.4) is 0 Å². The van der Waals surface area contributed by atoms with Gasteiger partial charge in [-0.15, -0.1) is 0 Å². The molecular formula is C14H19NO4. The van der Waals surface area contributed by atoms with Gasteiger partial charge >= 0.3 is 0 Å². The summed E-state index contributed by atoms with van der Waals surface area (Å²) in [6.45, 7) is 3.30. The minimum Gasteiger partial charge on any atom is -0.504 e. The zero-order valence-corrected chi connectivity index (χ0v) is 11.2. The average Bonchev–Trinajstić information content (AvgIpc) is 2.35. The Morgan fingerprint density at radius 2 is 2.26 bits per heavy atom. The fourth-order valence-electron chi connectivity index (χ4n) is 2.37. The van der Waals surface area contributed by atoms with E-state index in [1.54, 1.807) is 19.1 Å². The molecule has 1 aromatic rings. The Labute approximate surface area is 112 Å². The molecule has 1 heterocycles. The zero-order chi connectivity index (χ0) is 14.0. The van der Waals surface area contributed by atoms with E-state index in [1.807, 2.05) is 4.90 Å². The second-order valence-electron chi connectivity index (χ2n) is 4.93. The summed E-state index contributed by atoms with van der Waals surface area (Å²) in [4.78, 5) is 13.0. The molecule has 104 valence electrons. The number of benzene rings is 1. The van der Waals surface area contributed by atoms with E-state index in [0.29, 0.717) is 31.8 Å². The van der Waals surface area contributed by atoms with Gasteiger partial charge in [-0.3, -0.25) is 9.69 Å². The number of fused-ring (bicyclic) bond motifs is 1. The summed E-state index contributed by atoms with van der Waals surface area (Å²) >= 11 is 0. The lowest BCUT2D eigenvalue weighted by molar-refractivity contribution is -0.117. The van der Waals surface area contributed by atoms with Crippen molar-refractivity contribution in [3.63, 3.8) is 0 Å². The number of carbonyl (C=O) groups is 1. The predicted octanol–water partition coefficient (Wildman–Crippen LogP) is 1.23. The predicted molar refractivity (Wildman–Crippen MR) is 70.2 cm³/mol. The number of Topliss-reactive ketones (excluding diaryl/α,β-unsaturated/α-hetero) is 1. The normalized spacial score (nSPS) is 19.0. The Morgan fingerprint density at radius 1 is 1.53 bits per heavy atom. The molecule has 5 nitrogen and oxygen atoms in total. The van der Waals surface area contributed by atoms with Gasteiger partial charge in [-0.05, 0) is 30.2 Å². The van der Waals surface area contributed by atoms with Gasteiger partial charge in [0.2, 0.25) is 0 Å². The smallest absolute Gasteiger partial charge is 0.160 e. The average molecular weight is 265 g/mol. The molecule has 5 heteroatoms. The molecule has 19 heavy (non-hydrogen) atoms. The summed E-state index contributed by atoms with van der Waals surface area (Å²) in [5.74, 6) is 0.578. The van der Waals surface area contributed by atoms with Crippen molar-refractivity contribution in [2.24, 2.45) is 0 Å². The van der Waals surface area contributed by atoms with Gasteiger partial charge in [-0.1, -0.05) is 0 Å². The Hall–Kier alpha value is -1.59. The fraction of sp³-hybridized carbons (Fsp3) is 0.500. The lowest BCUT2D eigenvalue weighted by Crippen LogP contribution is -2.34. The SMILES string of the molecule is COc1cc2c(cc1O)CN(CCC(C)=O)CC2O. The molecule has 0 radical (unpaired) electrons. The van der Waals surface area contributed by atoms with E-state index in [1.165, 1.54) is 7.11 Å². The molecule has 0 bridgehead atoms. The van der Waals surface area contributed by atoms with Gasteiger partial charge in [-0.2, -0.15) is 0 Å². The molecule has 0 aliphatic carbocycles. The van der Waals surface area contributed by atoms with Crippen molar-refractivity contribution in [2.75, 3.05) is 20.2 Å². The molecule has 1 aliphatic rings. The molecule has 1 unspecified atom stereocenters. The third-order valence-corrected chi connectivity index (χ3v) is 3.40. The first-order valence-corrected chi connectivity index (χ1v) is 6.31. The van der Waals surface area contributed by atoms with E-state index in [0.717, 1.165) is 11.1 Å². The van der Waals surface area contributed by atoms with Crippen molar-refractivity contribution in [2.45, 2.75) is 26.0 Å². The second-order valence-corrected chi connectivity index (χ2v) is 4.93. The van der Waals surface area contributed by atoms with Gasteiger partial charge in [0.1, 0.15) is 5.78 Å². The van der Waals surface area contributed by atoms with E-state index in [4.69, 9.17) is 4.74 Å². The van der Waals surface area contributed by atoms with E-state index < -0.39 is 6.10 Å². The van der Waals surface area contributed by atoms with Crippen LogP contribution in [0, 0.1) is 0 Å². The number of hydrogen-bond acceptors (Lipinski definition) is 5. The first kappa shape index (κ1) is 13.8. The van der Waals surface area contributed by atoms with Crippen LogP contribution in [0.5, 0.6) is 11.5 Å². The number of β-amino-alcohol motifs (C(OH)–C–C–N with tert-alkyl or cyclic N) is 1. The fourth-order valence-corrected chi connectivity index (χ4v) is 2.37. The van der Waals surface area contributed by atoms with Gasteiger partial charge in [-0.25, -0.2) is 0 Å². The minimum absolute atomic E-state index is 0.0712. The molecule has 1 aromatic carbocycles. The van der Waals surface area contributed by atoms with Crippen LogP contribution in [0.4, 0.5) is 0 Å². The third kappa shape index (κ3) is 3.05. The molecule has 2 N–H and O–H groups in total. The zero-order valence-electron chi connectivity index (χ0n) is 11.2. The molecule has 2 rings (SSSR count). The van der Waals surface area contributed by atoms with Crippen LogP contribution < -0.4 is 4.74 Å². The van der Waals surface area contributed by atoms with Crippen LogP contribution in [0.25, 0.3) is 0 Å². The summed E-state index contributed by atoms with van der Waals surface area (Å²) in [7, 11) is 1.48. The Balaban J connectivity index is 2.19. The highest BCUT2D eigenvalue weighted by atomic mass is 16.5. The van der Waals surface area contributed by atoms with Crippen LogP contribution in [-0.4, -0.2) is 41.1 Å². The van der Waals surface area contributed by atoms with Crippen molar-refractivity contribution >= 4 is 5.78 Å². The number of carbonyl (C=O) groups excluding carboxylic acids is 1. The molecule has 0 saturated carbocycles. The monoisotopic (exact) mass is 265 g/mol. The van der Waals surface area contributed by atoms with Crippen molar-refractivity contribution in [3.05, 3.63) is 23.3 Å². The number of aliphatic hydroxyl groups excluding tert-OH is 1. The quantitative estimate of drug-likeness (QED) is 0.857. The lowest BCUT2D eigenvalue weighted by atomic mass is 9.96. The molecule has 0 spiro atoms. The highest BCUT2D eigenvalue weighted by Crippen LogP contribution is 2.35. The van der Waals surface area contributed by atoms with Crippen LogP contribution in [0.15, 0.2) is 12.1 Å². The van der Waals surface area contributed by atoms with Crippen molar-refractivity contribution in [1.29, 1.82) is 0 Å². The Bertz CT molecular complexity index is 487. The van der Waals surface area contributed by atoms with Crippen LogP contribution in [-0.2, 0) is 11.3 Å². The maximum atomic E-state index is 11.0. The van der Waals surface area contributed by atoms with Crippen LogP contribution in [0.2, 0.25) is 0 Å². The summed E-state index contributed by atoms with van der Waals surface area (Å²) in [5, 5.41) is 19.9. The molecule has 1 aliphatic heterocycles. The number of ether oxygens (including phenoxy) is 1. The summed E-state index contributed by atoms with van der Waals surface area (Å²) < 4.78 is 5.05. The van der Waals surface area contributed by atoms with Gasteiger partial charge < -0.3 is 14.9 Å². The minimum atomic E-state index is -0.620. The number of rotatable bonds is 4. The van der Waals surface area contributed by atoms with E-state index in [2.05, 4.69) is 0 Å². The number of phenolic OH excluding ortho intramolecular Hbond substituents is 1. The number of ketones is 1. The van der Waals surface area contributed by atoms with Crippen LogP contribution >= 0.6 is 0 Å². The summed E-state index contributed by atoms with van der Waals surface area (Å²) in [6, 6.07) is 3.30. The van der Waals surface area contributed by atoms with Crippen molar-refractivity contribution in [3.8, 4) is 11.5 Å². The molecule has 1 atom stereocenters. The number of methoxy groups -OCH3 is 1. The maximum absolute atomic E-state index is 11.0. The number of nitrogens with zero attached hydrogens (tertiary/aromatic N) is 1. The summed E-state index contributed by atoms with van der Waals surface area (Å²) in [6.07, 6.45) is -0.144. The summed E-state index contributed by atoms with van der Waals surface area (Å²) in [5.41, 5.74) is 1.66. The number of phenols is 1. The van der Waals surface area contributed by atoms with Gasteiger partial charge in [0, 0.05) is 26.1 Å². The van der Waals surface area contributed by atoms with Gasteiger partial charge in [0.15, 0.2) is 11.5 Å². The van der Waals surface area contributed by atoms with Crippen molar-refractivity contribution in [1.82, 2.24) is 4.90 Å². The number of hydrogen-bond donors (Lipinski definition) is 2. The molecule has 0 aromatic heterocycles. The second kappa shape index (κ2) is 5.59. The lowest BCUT2D eigenvalue weighted by Gasteiger charge is -2.32. The topological polar surface area (TPSA) is 70.0 Å². The highest BCUT2D eigenvalue weighted by Gasteiger charge is 2.25. The molecule has 0 fully saturated rings.